The zero-order chi connectivity index (χ0) is 31.5. The van der Waals surface area contributed by atoms with Gasteiger partial charge in [0.1, 0.15) is 33.0 Å². The Balaban J connectivity index is 0.000000175. The minimum atomic E-state index is -2.52. The van der Waals surface area contributed by atoms with Gasteiger partial charge < -0.3 is 16.4 Å². The van der Waals surface area contributed by atoms with Gasteiger partial charge in [0.15, 0.2) is 0 Å². The molecule has 0 aromatic carbocycles. The van der Waals surface area contributed by atoms with E-state index in [-0.39, 0.29) is 37.8 Å². The Hall–Kier alpha value is -3.32. The topological polar surface area (TPSA) is 102 Å². The number of thiazole rings is 2. The molecule has 2 aliphatic carbocycles. The average molecular weight is 648 g/mol. The second kappa shape index (κ2) is 13.4. The quantitative estimate of drug-likeness (QED) is 0.180. The Morgan fingerprint density at radius 2 is 1.09 bits per heavy atom. The molecule has 6 rings (SSSR count). The third-order valence-electron chi connectivity index (χ3n) is 7.63. The van der Waals surface area contributed by atoms with Crippen LogP contribution in [0.25, 0.3) is 21.4 Å². The summed E-state index contributed by atoms with van der Waals surface area (Å²) >= 11 is 3.08. The van der Waals surface area contributed by atoms with E-state index in [2.05, 4.69) is 30.6 Å². The largest absolute Gasteiger partial charge is 0.399 e. The molecule has 44 heavy (non-hydrogen) atoms. The van der Waals surface area contributed by atoms with Crippen LogP contribution < -0.4 is 16.4 Å². The highest BCUT2D eigenvalue weighted by Crippen LogP contribution is 2.36. The van der Waals surface area contributed by atoms with E-state index in [1.165, 1.54) is 11.3 Å². The monoisotopic (exact) mass is 647 g/mol. The van der Waals surface area contributed by atoms with Crippen LogP contribution in [0.1, 0.15) is 68.3 Å². The molecule has 0 radical (unpaired) electrons. The van der Waals surface area contributed by atoms with Crippen LogP contribution in [0, 0.1) is 20.8 Å². The van der Waals surface area contributed by atoms with Crippen LogP contribution >= 0.6 is 22.7 Å². The number of aryl methyl sites for hydroxylation is 3. The minimum Gasteiger partial charge on any atom is -0.399 e. The molecule has 7 nitrogen and oxygen atoms in total. The number of halogens is 4. The van der Waals surface area contributed by atoms with E-state index in [0.717, 1.165) is 38.5 Å². The lowest BCUT2D eigenvalue weighted by atomic mass is 9.92. The first-order chi connectivity index (χ1) is 20.8. The molecule has 0 aliphatic heterocycles. The molecular formula is C31H37F4N7S2. The van der Waals surface area contributed by atoms with Gasteiger partial charge in [0.05, 0.1) is 0 Å². The minimum absolute atomic E-state index is 0.0137. The molecule has 2 aliphatic rings. The highest BCUT2D eigenvalue weighted by atomic mass is 32.1. The Bertz CT molecular complexity index is 1440. The summed E-state index contributed by atoms with van der Waals surface area (Å²) < 4.78 is 52.8. The lowest BCUT2D eigenvalue weighted by Crippen LogP contribution is -2.32. The number of hydrogen-bond acceptors (Lipinski definition) is 9. The number of nitrogen functional groups attached to an aromatic ring is 1. The number of anilines is 3. The smallest absolute Gasteiger partial charge is 0.248 e. The van der Waals surface area contributed by atoms with Gasteiger partial charge in [0.25, 0.3) is 0 Å². The van der Waals surface area contributed by atoms with Crippen LogP contribution in [-0.2, 0) is 0 Å². The Morgan fingerprint density at radius 3 is 1.52 bits per heavy atom. The van der Waals surface area contributed by atoms with Crippen molar-refractivity contribution < 1.29 is 17.6 Å². The zero-order valence-electron chi connectivity index (χ0n) is 25.0. The number of nitrogens with two attached hydrogens (primary N) is 1. The van der Waals surface area contributed by atoms with Gasteiger partial charge in [-0.15, -0.1) is 22.7 Å². The summed E-state index contributed by atoms with van der Waals surface area (Å²) in [5.41, 5.74) is 11.1. The lowest BCUT2D eigenvalue weighted by Gasteiger charge is -2.29. The molecule has 4 heterocycles. The fourth-order valence-electron chi connectivity index (χ4n) is 5.32. The van der Waals surface area contributed by atoms with Crippen molar-refractivity contribution in [2.45, 2.75) is 96.1 Å². The van der Waals surface area contributed by atoms with Gasteiger partial charge in [-0.25, -0.2) is 37.5 Å². The molecule has 13 heteroatoms. The fourth-order valence-corrected chi connectivity index (χ4v) is 6.83. The van der Waals surface area contributed by atoms with Gasteiger partial charge in [-0.2, -0.15) is 0 Å². The summed E-state index contributed by atoms with van der Waals surface area (Å²) in [5, 5.41) is 12.2. The van der Waals surface area contributed by atoms with Crippen molar-refractivity contribution in [3.8, 4) is 21.4 Å². The molecular weight excluding hydrogens is 611 g/mol. The number of nitrogens with one attached hydrogen (secondary N) is 2. The van der Waals surface area contributed by atoms with Crippen molar-refractivity contribution in [3.63, 3.8) is 0 Å². The predicted octanol–water partition coefficient (Wildman–Crippen LogP) is 8.90. The van der Waals surface area contributed by atoms with Gasteiger partial charge in [-0.05, 0) is 70.2 Å². The molecule has 0 amide bonds. The van der Waals surface area contributed by atoms with Gasteiger partial charge in [0.2, 0.25) is 11.8 Å². The Morgan fingerprint density at radius 1 is 0.659 bits per heavy atom. The van der Waals surface area contributed by atoms with E-state index in [1.54, 1.807) is 23.5 Å². The fraction of sp³-hybridized carbons (Fsp3) is 0.484. The van der Waals surface area contributed by atoms with Crippen LogP contribution in [0.2, 0.25) is 0 Å². The molecule has 0 unspecified atom stereocenters. The molecule has 0 atom stereocenters. The maximum Gasteiger partial charge on any atom is 0.248 e. The number of pyridine rings is 2. The van der Waals surface area contributed by atoms with Crippen LogP contribution in [-0.4, -0.2) is 43.9 Å². The van der Waals surface area contributed by atoms with Crippen LogP contribution in [0.5, 0.6) is 0 Å². The first-order valence-electron chi connectivity index (χ1n) is 14.7. The van der Waals surface area contributed by atoms with E-state index in [1.807, 2.05) is 43.7 Å². The molecule has 4 N–H and O–H groups in total. The number of aromatic nitrogens is 4. The van der Waals surface area contributed by atoms with Crippen LogP contribution in [0.15, 0.2) is 35.0 Å². The first kappa shape index (κ1) is 32.1. The molecule has 0 bridgehead atoms. The van der Waals surface area contributed by atoms with Crippen molar-refractivity contribution in [3.05, 3.63) is 52.0 Å². The van der Waals surface area contributed by atoms with E-state index in [9.17, 15) is 17.6 Å². The van der Waals surface area contributed by atoms with Gasteiger partial charge in [-0.1, -0.05) is 0 Å². The van der Waals surface area contributed by atoms with Crippen molar-refractivity contribution in [2.75, 3.05) is 16.4 Å². The van der Waals surface area contributed by atoms with Crippen molar-refractivity contribution >= 4 is 40.0 Å². The molecule has 4 aromatic heterocycles. The maximum atomic E-state index is 13.2. The summed E-state index contributed by atoms with van der Waals surface area (Å²) in [7, 11) is 0. The summed E-state index contributed by atoms with van der Waals surface area (Å²) in [6.45, 7) is 5.89. The lowest BCUT2D eigenvalue weighted by molar-refractivity contribution is -0.0366. The summed E-state index contributed by atoms with van der Waals surface area (Å²) in [5.74, 6) is -3.65. The number of nitrogens with zero attached hydrogens (tertiary/aromatic N) is 4. The normalized spacial score (nSPS) is 18.3. The van der Waals surface area contributed by atoms with Crippen LogP contribution in [0.3, 0.4) is 0 Å². The number of rotatable bonds is 6. The molecule has 2 saturated carbocycles. The predicted molar refractivity (Wildman–Crippen MR) is 171 cm³/mol. The van der Waals surface area contributed by atoms with Crippen molar-refractivity contribution in [2.24, 2.45) is 0 Å². The second-order valence-electron chi connectivity index (χ2n) is 11.7. The van der Waals surface area contributed by atoms with Gasteiger partial charge >= 0.3 is 0 Å². The summed E-state index contributed by atoms with van der Waals surface area (Å²) in [4.78, 5) is 18.0. The summed E-state index contributed by atoms with van der Waals surface area (Å²) in [6.07, 6.45) is 1.59. The maximum absolute atomic E-state index is 13.2. The van der Waals surface area contributed by atoms with E-state index in [0.29, 0.717) is 42.9 Å². The average Bonchev–Trinajstić information content (AvgIpc) is 3.59. The van der Waals surface area contributed by atoms with E-state index in [4.69, 9.17) is 5.73 Å². The van der Waals surface area contributed by atoms with E-state index < -0.39 is 11.8 Å². The van der Waals surface area contributed by atoms with E-state index >= 15 is 0 Å². The molecule has 4 aromatic rings. The molecule has 0 spiro atoms. The SMILES string of the molecule is Cc1cc(NC2CCC(F)(F)CC2)nc(-c2nc(C)cs2)c1.Cc1csc(-c2cc(N)cc(NC3CCC(F)(F)CC3)n2)n1. The standard InChI is InChI=1S/C16H19F2N3S.C15H18F2N4S/c1-10-7-13(15-19-11(2)9-22-15)21-14(8-10)20-12-3-5-16(17,18)6-4-12;1-9-8-22-14(19-9)12-6-10(18)7-13(21-12)20-11-2-4-15(16,17)5-3-11/h7-9,12H,3-6H2,1-2H3,(H,20,21);6-8,11H,2-5H2,1H3,(H3,18,20,21). The zero-order valence-corrected chi connectivity index (χ0v) is 26.6. The van der Waals surface area contributed by atoms with Crippen molar-refractivity contribution in [1.82, 2.24) is 19.9 Å². The molecule has 2 fully saturated rings. The highest BCUT2D eigenvalue weighted by Gasteiger charge is 2.36. The second-order valence-corrected chi connectivity index (χ2v) is 13.4. The van der Waals surface area contributed by atoms with Crippen molar-refractivity contribution in [1.29, 1.82) is 0 Å². The Kier molecular flexibility index (Phi) is 9.74. The van der Waals surface area contributed by atoms with Gasteiger partial charge in [0, 0.05) is 71.7 Å². The highest BCUT2D eigenvalue weighted by molar-refractivity contribution is 7.13. The third-order valence-corrected chi connectivity index (χ3v) is 9.60. The van der Waals surface area contributed by atoms with Gasteiger partial charge in [-0.3, -0.25) is 0 Å². The van der Waals surface area contributed by atoms with Crippen LogP contribution in [0.4, 0.5) is 34.9 Å². The third kappa shape index (κ3) is 8.87. The Labute approximate surface area is 262 Å². The first-order valence-corrected chi connectivity index (χ1v) is 16.5. The number of hydrogen-bond donors (Lipinski definition) is 3. The molecule has 0 saturated heterocycles. The molecule has 236 valence electrons. The number of alkyl halides is 4. The summed E-state index contributed by atoms with van der Waals surface area (Å²) in [6, 6.07) is 7.55.